The maximum absolute atomic E-state index is 13.2. The number of fused-ring (bicyclic) bond motifs is 1. The number of aliphatic carboxylic acids is 1. The van der Waals surface area contributed by atoms with E-state index < -0.39 is 29.8 Å². The number of carbonyl (C=O) groups is 3. The summed E-state index contributed by atoms with van der Waals surface area (Å²) in [6, 6.07) is 12.3. The molecule has 0 saturated carbocycles. The van der Waals surface area contributed by atoms with Crippen LogP contribution in [0.1, 0.15) is 34.9 Å². The maximum Gasteiger partial charge on any atom is 0.303 e. The van der Waals surface area contributed by atoms with E-state index in [1.807, 2.05) is 0 Å². The molecule has 1 atom stereocenters. The Morgan fingerprint density at radius 3 is 2.50 bits per heavy atom. The number of carbonyl (C=O) groups excluding carboxylic acids is 2. The van der Waals surface area contributed by atoms with E-state index >= 15 is 0 Å². The number of carboxylic acid groups (broad SMARTS) is 1. The van der Waals surface area contributed by atoms with E-state index in [4.69, 9.17) is 5.11 Å². The van der Waals surface area contributed by atoms with Crippen LogP contribution >= 0.6 is 0 Å². The molecule has 0 radical (unpaired) electrons. The van der Waals surface area contributed by atoms with Crippen LogP contribution in [0.5, 0.6) is 0 Å². The Morgan fingerprint density at radius 1 is 1.12 bits per heavy atom. The van der Waals surface area contributed by atoms with Gasteiger partial charge in [0.25, 0.3) is 5.91 Å². The van der Waals surface area contributed by atoms with E-state index in [1.165, 1.54) is 24.3 Å². The Kier molecular flexibility index (Phi) is 4.83. The molecule has 3 N–H and O–H groups in total. The van der Waals surface area contributed by atoms with Crippen molar-refractivity contribution in [3.8, 4) is 0 Å². The lowest BCUT2D eigenvalue weighted by Gasteiger charge is -2.37. The molecule has 26 heavy (non-hydrogen) atoms. The van der Waals surface area contributed by atoms with Crippen LogP contribution in [0.3, 0.4) is 0 Å². The minimum absolute atomic E-state index is 0.267. The monoisotopic (exact) mass is 357 g/mol. The molecule has 0 spiro atoms. The van der Waals surface area contributed by atoms with Gasteiger partial charge in [-0.25, -0.2) is 9.40 Å². The van der Waals surface area contributed by atoms with E-state index in [0.717, 1.165) is 5.01 Å². The first kappa shape index (κ1) is 17.4. The Bertz CT molecular complexity index is 854. The summed E-state index contributed by atoms with van der Waals surface area (Å²) < 4.78 is 13.2. The average Bonchev–Trinajstić information content (AvgIpc) is 2.63. The number of para-hydroxylation sites is 1. The van der Waals surface area contributed by atoms with Crippen LogP contribution in [-0.4, -0.2) is 27.9 Å². The van der Waals surface area contributed by atoms with Gasteiger partial charge in [-0.2, -0.15) is 0 Å². The first-order chi connectivity index (χ1) is 12.5. The van der Waals surface area contributed by atoms with Gasteiger partial charge in [-0.3, -0.25) is 19.8 Å². The van der Waals surface area contributed by atoms with Gasteiger partial charge in [-0.05, 0) is 29.8 Å². The number of anilines is 1. The fourth-order valence-electron chi connectivity index (χ4n) is 2.66. The molecule has 7 nitrogen and oxygen atoms in total. The van der Waals surface area contributed by atoms with Crippen molar-refractivity contribution in [3.05, 3.63) is 65.5 Å². The van der Waals surface area contributed by atoms with Crippen molar-refractivity contribution >= 4 is 23.5 Å². The number of carboxylic acids is 1. The smallest absolute Gasteiger partial charge is 0.303 e. The zero-order valence-electron chi connectivity index (χ0n) is 13.6. The number of benzene rings is 2. The van der Waals surface area contributed by atoms with E-state index in [0.29, 0.717) is 16.8 Å². The molecule has 0 fully saturated rings. The lowest BCUT2D eigenvalue weighted by atomic mass is 10.0. The van der Waals surface area contributed by atoms with Crippen molar-refractivity contribution in [2.75, 3.05) is 5.32 Å². The molecule has 0 aromatic heterocycles. The molecule has 2 aromatic carbocycles. The van der Waals surface area contributed by atoms with Gasteiger partial charge >= 0.3 is 5.97 Å². The third kappa shape index (κ3) is 3.64. The maximum atomic E-state index is 13.2. The molecule has 1 aliphatic rings. The summed E-state index contributed by atoms with van der Waals surface area (Å²) in [4.78, 5) is 35.5. The molecule has 1 aliphatic heterocycles. The van der Waals surface area contributed by atoms with Gasteiger partial charge < -0.3 is 10.4 Å². The van der Waals surface area contributed by atoms with Crippen molar-refractivity contribution in [3.63, 3.8) is 0 Å². The highest BCUT2D eigenvalue weighted by atomic mass is 19.1. The van der Waals surface area contributed by atoms with Crippen LogP contribution in [0.25, 0.3) is 0 Å². The van der Waals surface area contributed by atoms with Crippen LogP contribution in [0.15, 0.2) is 48.5 Å². The predicted octanol–water partition coefficient (Wildman–Crippen LogP) is 2.29. The number of amides is 2. The van der Waals surface area contributed by atoms with Gasteiger partial charge in [0.1, 0.15) is 12.0 Å². The normalized spacial score (nSPS) is 15.8. The van der Waals surface area contributed by atoms with Gasteiger partial charge in [-0.15, -0.1) is 0 Å². The molecule has 1 heterocycles. The van der Waals surface area contributed by atoms with E-state index in [1.54, 1.807) is 24.3 Å². The molecule has 2 aromatic rings. The van der Waals surface area contributed by atoms with Crippen molar-refractivity contribution in [1.29, 1.82) is 0 Å². The van der Waals surface area contributed by atoms with Crippen LogP contribution in [-0.2, 0) is 9.59 Å². The molecule has 0 aliphatic carbocycles. The summed E-state index contributed by atoms with van der Waals surface area (Å²) in [5.41, 5.74) is 3.97. The molecule has 2 amide bonds. The quantitative estimate of drug-likeness (QED) is 0.763. The molecule has 3 rings (SSSR count). The second-order valence-electron chi connectivity index (χ2n) is 5.75. The number of nitrogens with zero attached hydrogens (tertiary/aromatic N) is 1. The standard InChI is InChI=1S/C18H16FN3O4/c19-12-7-5-11(6-8-12)17-20-14-4-2-1-3-13(14)18(26)22(17)21-15(23)9-10-16(24)25/h1-8,17,20H,9-10H2,(H,21,23)(H,24,25)/t17-/m1/s1. The highest BCUT2D eigenvalue weighted by Gasteiger charge is 2.34. The van der Waals surface area contributed by atoms with Gasteiger partial charge in [0.15, 0.2) is 0 Å². The highest BCUT2D eigenvalue weighted by molar-refractivity contribution is 6.02. The first-order valence-electron chi connectivity index (χ1n) is 7.91. The van der Waals surface area contributed by atoms with Crippen molar-refractivity contribution in [2.24, 2.45) is 0 Å². The number of hydrazine groups is 1. The number of hydrogen-bond acceptors (Lipinski definition) is 4. The summed E-state index contributed by atoms with van der Waals surface area (Å²) in [5.74, 6) is -2.58. The molecule has 0 bridgehead atoms. The predicted molar refractivity (Wildman–Crippen MR) is 90.4 cm³/mol. The van der Waals surface area contributed by atoms with Gasteiger partial charge in [0.2, 0.25) is 5.91 Å². The van der Waals surface area contributed by atoms with Gasteiger partial charge in [-0.1, -0.05) is 24.3 Å². The van der Waals surface area contributed by atoms with Crippen LogP contribution < -0.4 is 10.7 Å². The second-order valence-corrected chi connectivity index (χ2v) is 5.75. The Morgan fingerprint density at radius 2 is 1.81 bits per heavy atom. The Labute approximate surface area is 148 Å². The zero-order valence-corrected chi connectivity index (χ0v) is 13.6. The van der Waals surface area contributed by atoms with Crippen molar-refractivity contribution in [2.45, 2.75) is 19.0 Å². The SMILES string of the molecule is O=C(O)CCC(=O)NN1C(=O)c2ccccc2N[C@H]1c1ccc(F)cc1. The van der Waals surface area contributed by atoms with Gasteiger partial charge in [0, 0.05) is 12.1 Å². The minimum atomic E-state index is -1.11. The second kappa shape index (κ2) is 7.22. The summed E-state index contributed by atoms with van der Waals surface area (Å²) in [6.07, 6.45) is -1.37. The molecule has 134 valence electrons. The topological polar surface area (TPSA) is 98.7 Å². The van der Waals surface area contributed by atoms with Crippen LogP contribution in [0.2, 0.25) is 0 Å². The fourth-order valence-corrected chi connectivity index (χ4v) is 2.66. The number of rotatable bonds is 5. The van der Waals surface area contributed by atoms with Gasteiger partial charge in [0.05, 0.1) is 12.0 Å². The summed E-state index contributed by atoms with van der Waals surface area (Å²) in [5, 5.41) is 12.9. The minimum Gasteiger partial charge on any atom is -0.481 e. The Balaban J connectivity index is 1.91. The highest BCUT2D eigenvalue weighted by Crippen LogP contribution is 2.31. The Hall–Kier alpha value is -3.42. The van der Waals surface area contributed by atoms with Crippen LogP contribution in [0, 0.1) is 5.82 Å². The largest absolute Gasteiger partial charge is 0.481 e. The number of nitrogens with one attached hydrogen (secondary N) is 2. The van der Waals surface area contributed by atoms with E-state index in [-0.39, 0.29) is 12.8 Å². The number of halogens is 1. The van der Waals surface area contributed by atoms with Crippen LogP contribution in [0.4, 0.5) is 10.1 Å². The third-order valence-corrected chi connectivity index (χ3v) is 3.92. The summed E-state index contributed by atoms with van der Waals surface area (Å²) >= 11 is 0. The average molecular weight is 357 g/mol. The van der Waals surface area contributed by atoms with Crippen molar-refractivity contribution < 1.29 is 23.9 Å². The fraction of sp³-hybridized carbons (Fsp3) is 0.167. The van der Waals surface area contributed by atoms with E-state index in [9.17, 15) is 18.8 Å². The molecule has 8 heteroatoms. The zero-order chi connectivity index (χ0) is 18.7. The summed E-state index contributed by atoms with van der Waals surface area (Å²) in [6.45, 7) is 0. The molecular weight excluding hydrogens is 341 g/mol. The lowest BCUT2D eigenvalue weighted by molar-refractivity contribution is -0.139. The van der Waals surface area contributed by atoms with Crippen molar-refractivity contribution in [1.82, 2.24) is 10.4 Å². The molecule has 0 unspecified atom stereocenters. The summed E-state index contributed by atoms with van der Waals surface area (Å²) in [7, 11) is 0. The lowest BCUT2D eigenvalue weighted by Crippen LogP contribution is -2.52. The van der Waals surface area contributed by atoms with E-state index in [2.05, 4.69) is 10.7 Å². The molecule has 0 saturated heterocycles. The molecular formula is C18H16FN3O4. The third-order valence-electron chi connectivity index (χ3n) is 3.92. The first-order valence-corrected chi connectivity index (χ1v) is 7.91. The number of hydrogen-bond donors (Lipinski definition) is 3.